The molecule has 40 heavy (non-hydrogen) atoms. The molecule has 2 aliphatic heterocycles. The average Bonchev–Trinajstić information content (AvgIpc) is 3.12. The molecule has 6 rings (SSSR count). The first-order valence-corrected chi connectivity index (χ1v) is 13.5. The van der Waals surface area contributed by atoms with E-state index in [0.29, 0.717) is 34.0 Å². The highest BCUT2D eigenvalue weighted by atomic mass is 16.2. The second-order valence-electron chi connectivity index (χ2n) is 10.5. The van der Waals surface area contributed by atoms with Crippen molar-refractivity contribution >= 4 is 34.8 Å². The first-order chi connectivity index (χ1) is 19.4. The summed E-state index contributed by atoms with van der Waals surface area (Å²) in [6.07, 6.45) is 3.00. The Bertz CT molecular complexity index is 1590. The van der Waals surface area contributed by atoms with Crippen molar-refractivity contribution < 1.29 is 14.4 Å². The fourth-order valence-corrected chi connectivity index (χ4v) is 5.54. The minimum atomic E-state index is -0.486. The van der Waals surface area contributed by atoms with Crippen LogP contribution < -0.4 is 16.4 Å². The standard InChI is InChI=1S/C33H30N4O3/c34-31(38)24-8-6-23(7-9-24)25-10-12-28-27(19-25)32(39)36-30-20-26(11-13-29(30)35-28)33(40)37-16-14-22(15-17-37)18-21-4-2-1-3-5-21/h1-13,19-20,22,35H,14-18H2,(H2,34,38)(H,36,39). The van der Waals surface area contributed by atoms with E-state index in [1.54, 1.807) is 30.3 Å². The molecule has 0 atom stereocenters. The van der Waals surface area contributed by atoms with Gasteiger partial charge in [-0.25, -0.2) is 0 Å². The second-order valence-corrected chi connectivity index (χ2v) is 10.5. The van der Waals surface area contributed by atoms with Gasteiger partial charge in [0.15, 0.2) is 0 Å². The molecule has 2 heterocycles. The van der Waals surface area contributed by atoms with E-state index in [0.717, 1.165) is 49.2 Å². The quantitative estimate of drug-likeness (QED) is 0.301. The predicted octanol–water partition coefficient (Wildman–Crippen LogP) is 5.86. The van der Waals surface area contributed by atoms with Crippen LogP contribution in [0.4, 0.5) is 17.1 Å². The molecule has 200 valence electrons. The number of carbonyl (C=O) groups is 3. The number of likely N-dealkylation sites (tertiary alicyclic amines) is 1. The Morgan fingerprint density at radius 1 is 0.750 bits per heavy atom. The van der Waals surface area contributed by atoms with Crippen LogP contribution in [-0.4, -0.2) is 35.7 Å². The van der Waals surface area contributed by atoms with Crippen LogP contribution in [0.1, 0.15) is 49.5 Å². The summed E-state index contributed by atoms with van der Waals surface area (Å²) >= 11 is 0. The van der Waals surface area contributed by atoms with Gasteiger partial charge in [-0.2, -0.15) is 0 Å². The number of fused-ring (bicyclic) bond motifs is 2. The molecule has 0 aliphatic carbocycles. The maximum Gasteiger partial charge on any atom is 0.257 e. The summed E-state index contributed by atoms with van der Waals surface area (Å²) in [5.74, 6) is -0.187. The summed E-state index contributed by atoms with van der Waals surface area (Å²) in [5.41, 5.74) is 11.8. The van der Waals surface area contributed by atoms with E-state index in [1.165, 1.54) is 5.56 Å². The average molecular weight is 531 g/mol. The number of hydrogen-bond acceptors (Lipinski definition) is 4. The van der Waals surface area contributed by atoms with Gasteiger partial charge in [0.2, 0.25) is 5.91 Å². The maximum absolute atomic E-state index is 13.4. The summed E-state index contributed by atoms with van der Waals surface area (Å²) in [6, 6.07) is 28.5. The molecule has 2 aliphatic rings. The number of nitrogens with zero attached hydrogens (tertiary/aromatic N) is 1. The summed E-state index contributed by atoms with van der Waals surface area (Å²) in [7, 11) is 0. The van der Waals surface area contributed by atoms with Crippen molar-refractivity contribution in [3.8, 4) is 11.1 Å². The van der Waals surface area contributed by atoms with Crippen LogP contribution in [-0.2, 0) is 6.42 Å². The first kappa shape index (κ1) is 25.4. The molecule has 0 radical (unpaired) electrons. The molecule has 1 fully saturated rings. The van der Waals surface area contributed by atoms with Gasteiger partial charge in [-0.15, -0.1) is 0 Å². The van der Waals surface area contributed by atoms with Crippen molar-refractivity contribution in [3.05, 3.63) is 113 Å². The van der Waals surface area contributed by atoms with Gasteiger partial charge in [-0.05, 0) is 84.3 Å². The number of benzene rings is 4. The molecular weight excluding hydrogens is 500 g/mol. The van der Waals surface area contributed by atoms with E-state index >= 15 is 0 Å². The normalized spacial score (nSPS) is 14.8. The molecule has 1 saturated heterocycles. The highest BCUT2D eigenvalue weighted by Gasteiger charge is 2.26. The third-order valence-corrected chi connectivity index (χ3v) is 7.82. The van der Waals surface area contributed by atoms with Gasteiger partial charge >= 0.3 is 0 Å². The zero-order valence-electron chi connectivity index (χ0n) is 22.0. The lowest BCUT2D eigenvalue weighted by molar-refractivity contribution is 0.0690. The van der Waals surface area contributed by atoms with Crippen LogP contribution >= 0.6 is 0 Å². The number of rotatable bonds is 5. The molecule has 0 spiro atoms. The molecule has 0 unspecified atom stereocenters. The summed E-state index contributed by atoms with van der Waals surface area (Å²) in [6.45, 7) is 1.46. The molecule has 0 bridgehead atoms. The summed E-state index contributed by atoms with van der Waals surface area (Å²) < 4.78 is 0. The van der Waals surface area contributed by atoms with Crippen LogP contribution in [0, 0.1) is 5.92 Å². The van der Waals surface area contributed by atoms with Crippen LogP contribution in [0.3, 0.4) is 0 Å². The van der Waals surface area contributed by atoms with Crippen molar-refractivity contribution in [2.45, 2.75) is 19.3 Å². The Balaban J connectivity index is 1.15. The molecule has 4 N–H and O–H groups in total. The SMILES string of the molecule is NC(=O)c1ccc(-c2ccc3c(c2)C(=O)Nc2cc(C(=O)N4CCC(Cc5ccccc5)CC4)ccc2N3)cc1. The monoisotopic (exact) mass is 530 g/mol. The molecule has 0 aromatic heterocycles. The first-order valence-electron chi connectivity index (χ1n) is 13.5. The molecule has 4 aromatic rings. The minimum absolute atomic E-state index is 0.0151. The van der Waals surface area contributed by atoms with Gasteiger partial charge in [0.05, 0.1) is 22.6 Å². The third-order valence-electron chi connectivity index (χ3n) is 7.82. The van der Waals surface area contributed by atoms with Gasteiger partial charge in [0.1, 0.15) is 0 Å². The highest BCUT2D eigenvalue weighted by molar-refractivity contribution is 6.13. The van der Waals surface area contributed by atoms with E-state index < -0.39 is 5.91 Å². The number of nitrogens with two attached hydrogens (primary N) is 1. The lowest BCUT2D eigenvalue weighted by Crippen LogP contribution is -2.38. The second kappa shape index (κ2) is 10.7. The highest BCUT2D eigenvalue weighted by Crippen LogP contribution is 2.35. The Morgan fingerprint density at radius 2 is 1.43 bits per heavy atom. The number of hydrogen-bond donors (Lipinski definition) is 3. The summed E-state index contributed by atoms with van der Waals surface area (Å²) in [4.78, 5) is 39.9. The van der Waals surface area contributed by atoms with E-state index in [2.05, 4.69) is 34.9 Å². The van der Waals surface area contributed by atoms with E-state index in [4.69, 9.17) is 5.73 Å². The lowest BCUT2D eigenvalue weighted by Gasteiger charge is -2.32. The molecule has 7 nitrogen and oxygen atoms in total. The molecule has 3 amide bonds. The van der Waals surface area contributed by atoms with Gasteiger partial charge in [0, 0.05) is 24.2 Å². The van der Waals surface area contributed by atoms with E-state index in [9.17, 15) is 14.4 Å². The van der Waals surface area contributed by atoms with Crippen molar-refractivity contribution in [3.63, 3.8) is 0 Å². The van der Waals surface area contributed by atoms with Crippen molar-refractivity contribution in [1.82, 2.24) is 4.90 Å². The van der Waals surface area contributed by atoms with Crippen molar-refractivity contribution in [2.75, 3.05) is 23.7 Å². The fourth-order valence-electron chi connectivity index (χ4n) is 5.54. The van der Waals surface area contributed by atoms with Crippen LogP contribution in [0.25, 0.3) is 11.1 Å². The molecular formula is C33H30N4O3. The lowest BCUT2D eigenvalue weighted by atomic mass is 9.90. The number of anilines is 3. The number of nitrogens with one attached hydrogen (secondary N) is 2. The van der Waals surface area contributed by atoms with Crippen LogP contribution in [0.5, 0.6) is 0 Å². The minimum Gasteiger partial charge on any atom is -0.366 e. The maximum atomic E-state index is 13.4. The van der Waals surface area contributed by atoms with Crippen molar-refractivity contribution in [2.24, 2.45) is 11.7 Å². The molecule has 0 saturated carbocycles. The third kappa shape index (κ3) is 5.18. The fraction of sp³-hybridized carbons (Fsp3) is 0.182. The van der Waals surface area contributed by atoms with E-state index in [1.807, 2.05) is 41.3 Å². The smallest absolute Gasteiger partial charge is 0.257 e. The molecule has 4 aromatic carbocycles. The summed E-state index contributed by atoms with van der Waals surface area (Å²) in [5, 5.41) is 6.32. The van der Waals surface area contributed by atoms with Crippen LogP contribution in [0.15, 0.2) is 91.0 Å². The van der Waals surface area contributed by atoms with E-state index in [-0.39, 0.29) is 11.8 Å². The Labute approximate surface area is 233 Å². The largest absolute Gasteiger partial charge is 0.366 e. The van der Waals surface area contributed by atoms with Crippen LogP contribution in [0.2, 0.25) is 0 Å². The number of primary amides is 1. The predicted molar refractivity (Wildman–Crippen MR) is 157 cm³/mol. The zero-order valence-corrected chi connectivity index (χ0v) is 22.0. The van der Waals surface area contributed by atoms with Gasteiger partial charge in [-0.1, -0.05) is 48.5 Å². The van der Waals surface area contributed by atoms with Crippen molar-refractivity contribution in [1.29, 1.82) is 0 Å². The Morgan fingerprint density at radius 3 is 2.15 bits per heavy atom. The zero-order chi connectivity index (χ0) is 27.6. The van der Waals surface area contributed by atoms with Gasteiger partial charge in [0.25, 0.3) is 11.8 Å². The topological polar surface area (TPSA) is 105 Å². The number of amides is 3. The Hall–Kier alpha value is -4.91. The number of piperidine rings is 1. The number of carbonyl (C=O) groups excluding carboxylic acids is 3. The molecule has 7 heteroatoms. The van der Waals surface area contributed by atoms with Gasteiger partial charge in [-0.3, -0.25) is 14.4 Å². The van der Waals surface area contributed by atoms with Gasteiger partial charge < -0.3 is 21.3 Å². The Kier molecular flexibility index (Phi) is 6.78.